The average molecular weight is 334 g/mol. The summed E-state index contributed by atoms with van der Waals surface area (Å²) in [7, 11) is -3.33. The second-order valence-electron chi connectivity index (χ2n) is 4.95. The van der Waals surface area contributed by atoms with E-state index in [4.69, 9.17) is 0 Å². The molecule has 0 aromatic heterocycles. The largest absolute Gasteiger partial charge is 0.348 e. The third kappa shape index (κ3) is 9.44. The van der Waals surface area contributed by atoms with Crippen LogP contribution in [-0.4, -0.2) is 27.1 Å². The molecule has 1 unspecified atom stereocenters. The lowest BCUT2D eigenvalue weighted by atomic mass is 10.1. The second-order valence-corrected chi connectivity index (χ2v) is 6.78. The molecule has 0 saturated heterocycles. The maximum atomic E-state index is 11.4. The van der Waals surface area contributed by atoms with Crippen LogP contribution in [0.1, 0.15) is 18.5 Å². The van der Waals surface area contributed by atoms with Crippen LogP contribution >= 0.6 is 0 Å². The molecule has 2 aromatic rings. The highest BCUT2D eigenvalue weighted by molar-refractivity contribution is 7.88. The van der Waals surface area contributed by atoms with Gasteiger partial charge < -0.3 is 5.32 Å². The number of carbonyl (C=O) groups excluding carboxylic acids is 1. The fourth-order valence-electron chi connectivity index (χ4n) is 1.70. The van der Waals surface area contributed by atoms with Crippen molar-refractivity contribution in [1.82, 2.24) is 10.0 Å². The quantitative estimate of drug-likeness (QED) is 0.879. The lowest BCUT2D eigenvalue weighted by Crippen LogP contribution is -2.37. The maximum absolute atomic E-state index is 11.4. The van der Waals surface area contributed by atoms with Gasteiger partial charge in [-0.25, -0.2) is 13.1 Å². The van der Waals surface area contributed by atoms with Gasteiger partial charge in [0.15, 0.2) is 0 Å². The van der Waals surface area contributed by atoms with E-state index in [1.807, 2.05) is 73.7 Å². The molecule has 0 radical (unpaired) electrons. The van der Waals surface area contributed by atoms with Crippen LogP contribution in [-0.2, 0) is 14.8 Å². The Morgan fingerprint density at radius 3 is 1.83 bits per heavy atom. The summed E-state index contributed by atoms with van der Waals surface area (Å²) < 4.78 is 23.7. The van der Waals surface area contributed by atoms with Crippen molar-refractivity contribution in [2.75, 3.05) is 12.8 Å². The number of amides is 1. The van der Waals surface area contributed by atoms with Crippen molar-refractivity contribution in [3.8, 4) is 0 Å². The smallest absolute Gasteiger partial charge is 0.235 e. The third-order valence-electron chi connectivity index (χ3n) is 2.84. The van der Waals surface area contributed by atoms with E-state index in [0.717, 1.165) is 11.8 Å². The zero-order valence-electron chi connectivity index (χ0n) is 13.3. The van der Waals surface area contributed by atoms with Crippen molar-refractivity contribution in [3.05, 3.63) is 72.3 Å². The molecule has 1 atom stereocenters. The van der Waals surface area contributed by atoms with E-state index in [1.165, 1.54) is 0 Å². The predicted molar refractivity (Wildman–Crippen MR) is 92.3 cm³/mol. The van der Waals surface area contributed by atoms with Crippen LogP contribution in [0.5, 0.6) is 0 Å². The number of benzene rings is 2. The van der Waals surface area contributed by atoms with Gasteiger partial charge in [-0.15, -0.1) is 0 Å². The first-order valence-corrected chi connectivity index (χ1v) is 9.06. The van der Waals surface area contributed by atoms with Crippen LogP contribution in [0.4, 0.5) is 0 Å². The molecule has 2 N–H and O–H groups in total. The topological polar surface area (TPSA) is 75.3 Å². The maximum Gasteiger partial charge on any atom is 0.235 e. The van der Waals surface area contributed by atoms with Gasteiger partial charge in [-0.05, 0) is 12.5 Å². The lowest BCUT2D eigenvalue weighted by Gasteiger charge is -2.14. The van der Waals surface area contributed by atoms with E-state index in [2.05, 4.69) is 10.0 Å². The van der Waals surface area contributed by atoms with Gasteiger partial charge in [-0.3, -0.25) is 4.79 Å². The fraction of sp³-hybridized carbons (Fsp3) is 0.235. The van der Waals surface area contributed by atoms with E-state index < -0.39 is 10.0 Å². The Balaban J connectivity index is 0.000000366. The molecule has 2 rings (SSSR count). The SMILES string of the molecule is CC(NC(=O)CNS(C)(=O)=O)c1ccccc1.c1ccccc1. The number of sulfonamides is 1. The molecule has 0 aliphatic carbocycles. The Morgan fingerprint density at radius 2 is 1.39 bits per heavy atom. The molecule has 0 heterocycles. The van der Waals surface area contributed by atoms with E-state index in [-0.39, 0.29) is 18.5 Å². The number of hydrogen-bond acceptors (Lipinski definition) is 3. The van der Waals surface area contributed by atoms with Crippen molar-refractivity contribution < 1.29 is 13.2 Å². The number of hydrogen-bond donors (Lipinski definition) is 2. The van der Waals surface area contributed by atoms with Gasteiger partial charge in [-0.2, -0.15) is 0 Å². The van der Waals surface area contributed by atoms with Crippen LogP contribution < -0.4 is 10.0 Å². The van der Waals surface area contributed by atoms with Crippen LogP contribution in [0.2, 0.25) is 0 Å². The van der Waals surface area contributed by atoms with Crippen molar-refractivity contribution in [1.29, 1.82) is 0 Å². The van der Waals surface area contributed by atoms with Gasteiger partial charge in [-0.1, -0.05) is 66.7 Å². The highest BCUT2D eigenvalue weighted by Gasteiger charge is 2.10. The monoisotopic (exact) mass is 334 g/mol. The van der Waals surface area contributed by atoms with Gasteiger partial charge >= 0.3 is 0 Å². The van der Waals surface area contributed by atoms with E-state index >= 15 is 0 Å². The minimum absolute atomic E-state index is 0.148. The summed E-state index contributed by atoms with van der Waals surface area (Å²) >= 11 is 0. The molecule has 0 bridgehead atoms. The molecule has 6 heteroatoms. The molecule has 0 spiro atoms. The summed E-state index contributed by atoms with van der Waals surface area (Å²) in [6.07, 6.45) is 1.01. The summed E-state index contributed by atoms with van der Waals surface area (Å²) in [4.78, 5) is 11.4. The molecule has 0 aliphatic rings. The molecular weight excluding hydrogens is 312 g/mol. The van der Waals surface area contributed by atoms with Gasteiger partial charge in [0.2, 0.25) is 15.9 Å². The summed E-state index contributed by atoms with van der Waals surface area (Å²) in [5.41, 5.74) is 0.972. The first kappa shape index (κ1) is 18.9. The normalized spacial score (nSPS) is 11.7. The highest BCUT2D eigenvalue weighted by Crippen LogP contribution is 2.10. The van der Waals surface area contributed by atoms with Crippen molar-refractivity contribution in [2.24, 2.45) is 0 Å². The van der Waals surface area contributed by atoms with Crippen LogP contribution in [0.3, 0.4) is 0 Å². The molecule has 0 aliphatic heterocycles. The minimum Gasteiger partial charge on any atom is -0.348 e. The Bertz CT molecular complexity index is 647. The molecule has 124 valence electrons. The molecule has 0 saturated carbocycles. The summed E-state index contributed by atoms with van der Waals surface area (Å²) in [6.45, 7) is 1.60. The Morgan fingerprint density at radius 1 is 0.957 bits per heavy atom. The Labute approximate surface area is 137 Å². The van der Waals surface area contributed by atoms with Gasteiger partial charge in [0, 0.05) is 0 Å². The zero-order valence-corrected chi connectivity index (χ0v) is 14.1. The van der Waals surface area contributed by atoms with Crippen molar-refractivity contribution in [3.63, 3.8) is 0 Å². The first-order valence-electron chi connectivity index (χ1n) is 7.17. The summed E-state index contributed by atoms with van der Waals surface area (Å²) in [5.74, 6) is -0.355. The fourth-order valence-corrected chi connectivity index (χ4v) is 2.09. The summed E-state index contributed by atoms with van der Waals surface area (Å²) in [6, 6.07) is 21.3. The lowest BCUT2D eigenvalue weighted by molar-refractivity contribution is -0.120. The standard InChI is InChI=1S/C11H16N2O3S.C6H6/c1-9(10-6-4-3-5-7-10)13-11(14)8-12-17(2,15)16;1-2-4-6-5-3-1/h3-7,9,12H,8H2,1-2H3,(H,13,14);1-6H. The molecule has 23 heavy (non-hydrogen) atoms. The number of rotatable bonds is 5. The minimum atomic E-state index is -3.33. The average Bonchev–Trinajstić information content (AvgIpc) is 2.55. The first-order chi connectivity index (χ1) is 10.9. The van der Waals surface area contributed by atoms with E-state index in [9.17, 15) is 13.2 Å². The van der Waals surface area contributed by atoms with Crippen molar-refractivity contribution >= 4 is 15.9 Å². The molecule has 5 nitrogen and oxygen atoms in total. The van der Waals surface area contributed by atoms with Crippen LogP contribution in [0.25, 0.3) is 0 Å². The van der Waals surface area contributed by atoms with E-state index in [0.29, 0.717) is 0 Å². The third-order valence-corrected chi connectivity index (χ3v) is 3.51. The van der Waals surface area contributed by atoms with E-state index in [1.54, 1.807) is 0 Å². The highest BCUT2D eigenvalue weighted by atomic mass is 32.2. The molecule has 0 fully saturated rings. The molecule has 1 amide bonds. The van der Waals surface area contributed by atoms with Crippen LogP contribution in [0, 0.1) is 0 Å². The van der Waals surface area contributed by atoms with Gasteiger partial charge in [0.25, 0.3) is 0 Å². The Kier molecular flexibility index (Phi) is 8.01. The number of carbonyl (C=O) groups is 1. The zero-order chi connectivity index (χ0) is 17.1. The molecular formula is C17H22N2O3S. The van der Waals surface area contributed by atoms with Crippen molar-refractivity contribution in [2.45, 2.75) is 13.0 Å². The number of nitrogens with one attached hydrogen (secondary N) is 2. The second kappa shape index (κ2) is 9.76. The Hall–Kier alpha value is -2.18. The summed E-state index contributed by atoms with van der Waals surface area (Å²) in [5, 5.41) is 2.70. The van der Waals surface area contributed by atoms with Gasteiger partial charge in [0.05, 0.1) is 18.8 Å². The van der Waals surface area contributed by atoms with Crippen LogP contribution in [0.15, 0.2) is 66.7 Å². The van der Waals surface area contributed by atoms with Gasteiger partial charge in [0.1, 0.15) is 0 Å². The predicted octanol–water partition coefficient (Wildman–Crippen LogP) is 2.10. The molecule has 2 aromatic carbocycles.